The number of carbonyl (C=O) groups is 1. The topological polar surface area (TPSA) is 46.3 Å². The van der Waals surface area contributed by atoms with E-state index in [9.17, 15) is 4.79 Å². The van der Waals surface area contributed by atoms with E-state index in [4.69, 9.17) is 28.9 Å². The Labute approximate surface area is 131 Å². The van der Waals surface area contributed by atoms with Gasteiger partial charge < -0.3 is 10.6 Å². The van der Waals surface area contributed by atoms with Crippen LogP contribution in [-0.2, 0) is 4.79 Å². The molecule has 0 aromatic heterocycles. The maximum atomic E-state index is 12.5. The van der Waals surface area contributed by atoms with Crippen LogP contribution >= 0.6 is 23.2 Å². The first kappa shape index (κ1) is 17.3. The highest BCUT2D eigenvalue weighted by Gasteiger charge is 2.32. The standard InChI is InChI=1S/C15H22Cl2N2O/c1-5-8-15(3,18)14(20)19(4)10(2)12-7-6-11(16)9-13(12)17/h6-7,9-10H,5,8,18H2,1-4H3. The van der Waals surface area contributed by atoms with E-state index in [-0.39, 0.29) is 11.9 Å². The molecule has 0 spiro atoms. The number of likely N-dealkylation sites (N-methyl/N-ethyl adjacent to an activating group) is 1. The highest BCUT2D eigenvalue weighted by Crippen LogP contribution is 2.30. The second-order valence-electron chi connectivity index (χ2n) is 5.43. The predicted molar refractivity (Wildman–Crippen MR) is 85.1 cm³/mol. The minimum Gasteiger partial charge on any atom is -0.337 e. The van der Waals surface area contributed by atoms with E-state index in [1.807, 2.05) is 19.9 Å². The van der Waals surface area contributed by atoms with E-state index in [1.54, 1.807) is 31.0 Å². The third-order valence-electron chi connectivity index (χ3n) is 3.57. The van der Waals surface area contributed by atoms with Gasteiger partial charge in [-0.15, -0.1) is 0 Å². The summed E-state index contributed by atoms with van der Waals surface area (Å²) in [5.41, 5.74) is 6.11. The van der Waals surface area contributed by atoms with Crippen LogP contribution in [0, 0.1) is 0 Å². The average Bonchev–Trinajstić information content (AvgIpc) is 2.36. The van der Waals surface area contributed by atoms with Gasteiger partial charge in [-0.2, -0.15) is 0 Å². The molecule has 20 heavy (non-hydrogen) atoms. The smallest absolute Gasteiger partial charge is 0.242 e. The lowest BCUT2D eigenvalue weighted by Crippen LogP contribution is -2.52. The molecular formula is C15H22Cl2N2O. The van der Waals surface area contributed by atoms with Gasteiger partial charge >= 0.3 is 0 Å². The molecule has 5 heteroatoms. The summed E-state index contributed by atoms with van der Waals surface area (Å²) in [5.74, 6) is -0.0853. The van der Waals surface area contributed by atoms with Gasteiger partial charge in [-0.3, -0.25) is 4.79 Å². The minimum absolute atomic E-state index is 0.0853. The van der Waals surface area contributed by atoms with Crippen LogP contribution in [0.15, 0.2) is 18.2 Å². The van der Waals surface area contributed by atoms with E-state index < -0.39 is 5.54 Å². The summed E-state index contributed by atoms with van der Waals surface area (Å²) in [4.78, 5) is 14.1. The van der Waals surface area contributed by atoms with Gasteiger partial charge in [-0.25, -0.2) is 0 Å². The van der Waals surface area contributed by atoms with Crippen molar-refractivity contribution in [1.82, 2.24) is 4.90 Å². The van der Waals surface area contributed by atoms with E-state index in [2.05, 4.69) is 0 Å². The fourth-order valence-electron chi connectivity index (χ4n) is 2.25. The van der Waals surface area contributed by atoms with Gasteiger partial charge in [-0.1, -0.05) is 42.6 Å². The van der Waals surface area contributed by atoms with E-state index in [1.165, 1.54) is 0 Å². The molecule has 0 aliphatic carbocycles. The molecule has 112 valence electrons. The molecule has 1 aromatic carbocycles. The summed E-state index contributed by atoms with van der Waals surface area (Å²) in [5, 5.41) is 1.13. The van der Waals surface area contributed by atoms with Gasteiger partial charge in [0, 0.05) is 17.1 Å². The SMILES string of the molecule is CCCC(C)(N)C(=O)N(C)C(C)c1ccc(Cl)cc1Cl. The van der Waals surface area contributed by atoms with Crippen LogP contribution in [0.2, 0.25) is 10.0 Å². The number of hydrogen-bond donors (Lipinski definition) is 1. The van der Waals surface area contributed by atoms with Gasteiger partial charge in [0.1, 0.15) is 0 Å². The van der Waals surface area contributed by atoms with Gasteiger partial charge in [0.2, 0.25) is 5.91 Å². The number of nitrogens with two attached hydrogens (primary N) is 1. The third-order valence-corrected chi connectivity index (χ3v) is 4.13. The first-order valence-corrected chi connectivity index (χ1v) is 7.47. The third kappa shape index (κ3) is 3.87. The molecular weight excluding hydrogens is 295 g/mol. The zero-order valence-corrected chi connectivity index (χ0v) is 13.9. The summed E-state index contributed by atoms with van der Waals surface area (Å²) in [6.45, 7) is 5.71. The Kier molecular flexibility index (Phi) is 5.87. The zero-order chi connectivity index (χ0) is 15.5. The average molecular weight is 317 g/mol. The minimum atomic E-state index is -0.851. The van der Waals surface area contributed by atoms with Crippen molar-refractivity contribution in [3.63, 3.8) is 0 Å². The Bertz CT molecular complexity index is 489. The molecule has 2 atom stereocenters. The Hall–Kier alpha value is -0.770. The highest BCUT2D eigenvalue weighted by molar-refractivity contribution is 6.35. The van der Waals surface area contributed by atoms with Crippen molar-refractivity contribution in [2.24, 2.45) is 5.73 Å². The fraction of sp³-hybridized carbons (Fsp3) is 0.533. The second kappa shape index (κ2) is 6.79. The first-order chi connectivity index (χ1) is 9.20. The summed E-state index contributed by atoms with van der Waals surface area (Å²) in [7, 11) is 1.75. The summed E-state index contributed by atoms with van der Waals surface area (Å²) >= 11 is 12.1. The van der Waals surface area contributed by atoms with Gasteiger partial charge in [0.15, 0.2) is 0 Å². The van der Waals surface area contributed by atoms with Crippen LogP contribution in [0.25, 0.3) is 0 Å². The van der Waals surface area contributed by atoms with Crippen LogP contribution < -0.4 is 5.73 Å². The van der Waals surface area contributed by atoms with Crippen LogP contribution in [-0.4, -0.2) is 23.4 Å². The summed E-state index contributed by atoms with van der Waals surface area (Å²) in [6.07, 6.45) is 1.51. The van der Waals surface area contributed by atoms with Crippen molar-refractivity contribution in [1.29, 1.82) is 0 Å². The lowest BCUT2D eigenvalue weighted by molar-refractivity contribution is -0.137. The molecule has 0 bridgehead atoms. The molecule has 1 aromatic rings. The molecule has 1 amide bonds. The van der Waals surface area contributed by atoms with Crippen molar-refractivity contribution in [3.8, 4) is 0 Å². The van der Waals surface area contributed by atoms with Crippen molar-refractivity contribution in [2.45, 2.75) is 45.2 Å². The van der Waals surface area contributed by atoms with E-state index >= 15 is 0 Å². The van der Waals surface area contributed by atoms with E-state index in [0.29, 0.717) is 16.5 Å². The maximum absolute atomic E-state index is 12.5. The number of rotatable bonds is 5. The van der Waals surface area contributed by atoms with Gasteiger partial charge in [-0.05, 0) is 38.0 Å². The molecule has 0 heterocycles. The van der Waals surface area contributed by atoms with Crippen LogP contribution in [0.3, 0.4) is 0 Å². The molecule has 2 N–H and O–H groups in total. The zero-order valence-electron chi connectivity index (χ0n) is 12.4. The van der Waals surface area contributed by atoms with Crippen molar-refractivity contribution >= 4 is 29.1 Å². The molecule has 0 aliphatic heterocycles. The van der Waals surface area contributed by atoms with Crippen molar-refractivity contribution in [3.05, 3.63) is 33.8 Å². The number of halogens is 2. The molecule has 0 aliphatic rings. The Morgan fingerprint density at radius 3 is 2.55 bits per heavy atom. The fourth-order valence-corrected chi connectivity index (χ4v) is 2.82. The van der Waals surface area contributed by atoms with Crippen LogP contribution in [0.1, 0.15) is 45.2 Å². The molecule has 2 unspecified atom stereocenters. The monoisotopic (exact) mass is 316 g/mol. The number of benzene rings is 1. The molecule has 0 saturated heterocycles. The van der Waals surface area contributed by atoms with Gasteiger partial charge in [0.05, 0.1) is 11.6 Å². The van der Waals surface area contributed by atoms with Crippen LogP contribution in [0.5, 0.6) is 0 Å². The lowest BCUT2D eigenvalue weighted by Gasteiger charge is -2.33. The van der Waals surface area contributed by atoms with Crippen molar-refractivity contribution < 1.29 is 4.79 Å². The Morgan fingerprint density at radius 1 is 1.45 bits per heavy atom. The Balaban J connectivity index is 2.96. The Morgan fingerprint density at radius 2 is 2.05 bits per heavy atom. The maximum Gasteiger partial charge on any atom is 0.242 e. The largest absolute Gasteiger partial charge is 0.337 e. The summed E-state index contributed by atoms with van der Waals surface area (Å²) in [6, 6.07) is 5.13. The normalized spacial score (nSPS) is 15.6. The number of carbonyl (C=O) groups excluding carboxylic acids is 1. The molecule has 1 rings (SSSR count). The van der Waals surface area contributed by atoms with Gasteiger partial charge in [0.25, 0.3) is 0 Å². The molecule has 0 radical (unpaired) electrons. The van der Waals surface area contributed by atoms with E-state index in [0.717, 1.165) is 12.0 Å². The molecule has 0 fully saturated rings. The first-order valence-electron chi connectivity index (χ1n) is 6.71. The van der Waals surface area contributed by atoms with Crippen molar-refractivity contribution in [2.75, 3.05) is 7.05 Å². The number of nitrogens with zero attached hydrogens (tertiary/aromatic N) is 1. The quantitative estimate of drug-likeness (QED) is 0.891. The van der Waals surface area contributed by atoms with Crippen LogP contribution in [0.4, 0.5) is 0 Å². The predicted octanol–water partition coefficient (Wildman–Crippen LogP) is 4.03. The highest BCUT2D eigenvalue weighted by atomic mass is 35.5. The molecule has 0 saturated carbocycles. The second-order valence-corrected chi connectivity index (χ2v) is 6.27. The number of amides is 1. The molecule has 3 nitrogen and oxygen atoms in total. The number of hydrogen-bond acceptors (Lipinski definition) is 2. The summed E-state index contributed by atoms with van der Waals surface area (Å²) < 4.78 is 0. The lowest BCUT2D eigenvalue weighted by atomic mass is 9.94.